The number of amides is 1. The van der Waals surface area contributed by atoms with Gasteiger partial charge in [-0.15, -0.1) is 0 Å². The molecule has 1 aliphatic rings. The summed E-state index contributed by atoms with van der Waals surface area (Å²) in [5.74, 6) is 0.613. The zero-order valence-corrected chi connectivity index (χ0v) is 15.3. The fourth-order valence-electron chi connectivity index (χ4n) is 2.90. The van der Waals surface area contributed by atoms with Gasteiger partial charge in [-0.1, -0.05) is 12.1 Å². The van der Waals surface area contributed by atoms with E-state index in [1.807, 2.05) is 32.9 Å². The number of rotatable bonds is 6. The highest BCUT2D eigenvalue weighted by molar-refractivity contribution is 5.78. The van der Waals surface area contributed by atoms with E-state index in [1.54, 1.807) is 7.11 Å². The fourth-order valence-corrected chi connectivity index (χ4v) is 2.90. The van der Waals surface area contributed by atoms with Gasteiger partial charge in [-0.05, 0) is 57.9 Å². The molecule has 0 saturated carbocycles. The summed E-state index contributed by atoms with van der Waals surface area (Å²) >= 11 is 0. The number of nitrogens with zero attached hydrogens (tertiary/aromatic N) is 1. The Bertz CT molecular complexity index is 522. The number of methoxy groups -OCH3 is 1. The van der Waals surface area contributed by atoms with Gasteiger partial charge in [0.2, 0.25) is 0 Å². The highest BCUT2D eigenvalue weighted by atomic mass is 16.5. The molecule has 5 nitrogen and oxygen atoms in total. The molecule has 24 heavy (non-hydrogen) atoms. The minimum atomic E-state index is -0.237. The first-order valence-electron chi connectivity index (χ1n) is 8.63. The number of hydrogen-bond donors (Lipinski definition) is 1. The van der Waals surface area contributed by atoms with E-state index in [0.29, 0.717) is 6.10 Å². The van der Waals surface area contributed by atoms with Crippen LogP contribution in [0.2, 0.25) is 0 Å². The van der Waals surface area contributed by atoms with Crippen molar-refractivity contribution < 1.29 is 14.3 Å². The van der Waals surface area contributed by atoms with Crippen LogP contribution in [0.1, 0.15) is 39.2 Å². The average molecular weight is 334 g/mol. The van der Waals surface area contributed by atoms with Gasteiger partial charge >= 0.3 is 0 Å². The number of benzene rings is 1. The van der Waals surface area contributed by atoms with Gasteiger partial charge in [0, 0.05) is 25.7 Å². The molecule has 0 radical (unpaired) electrons. The number of ether oxygens (including phenoxy) is 2. The van der Waals surface area contributed by atoms with Gasteiger partial charge in [0.1, 0.15) is 5.75 Å². The number of hydrogen-bond acceptors (Lipinski definition) is 4. The molecule has 0 unspecified atom stereocenters. The summed E-state index contributed by atoms with van der Waals surface area (Å²) < 4.78 is 11.0. The Kier molecular flexibility index (Phi) is 6.63. The first-order chi connectivity index (χ1) is 11.4. The van der Waals surface area contributed by atoms with Gasteiger partial charge in [0.05, 0.1) is 6.10 Å². The summed E-state index contributed by atoms with van der Waals surface area (Å²) in [7, 11) is 1.79. The first-order valence-corrected chi connectivity index (χ1v) is 8.63. The van der Waals surface area contributed by atoms with E-state index in [1.165, 1.54) is 12.0 Å². The van der Waals surface area contributed by atoms with Crippen molar-refractivity contribution in [3.8, 4) is 5.75 Å². The molecule has 1 aliphatic heterocycles. The smallest absolute Gasteiger partial charge is 0.258 e. The monoisotopic (exact) mass is 334 g/mol. The molecule has 5 heteroatoms. The fraction of sp³-hybridized carbons (Fsp3) is 0.632. The van der Waals surface area contributed by atoms with Crippen molar-refractivity contribution in [2.45, 2.75) is 51.8 Å². The van der Waals surface area contributed by atoms with Crippen LogP contribution in [0, 0.1) is 0 Å². The highest BCUT2D eigenvalue weighted by Gasteiger charge is 2.19. The Labute approximate surface area is 145 Å². The van der Waals surface area contributed by atoms with Crippen molar-refractivity contribution in [2.75, 3.05) is 26.8 Å². The summed E-state index contributed by atoms with van der Waals surface area (Å²) in [6.07, 6.45) is 2.68. The summed E-state index contributed by atoms with van der Waals surface area (Å²) in [6.45, 7) is 8.92. The predicted molar refractivity (Wildman–Crippen MR) is 95.1 cm³/mol. The number of likely N-dealkylation sites (tertiary alicyclic amines) is 1. The maximum Gasteiger partial charge on any atom is 0.258 e. The zero-order chi connectivity index (χ0) is 17.6. The van der Waals surface area contributed by atoms with Crippen molar-refractivity contribution in [1.82, 2.24) is 10.2 Å². The molecule has 1 aromatic carbocycles. The SMILES string of the molecule is CO[C@@H]1CCCN(Cc2ccc(OCC(=O)NC(C)(C)C)cc2)C1. The van der Waals surface area contributed by atoms with Gasteiger partial charge in [0.25, 0.3) is 5.91 Å². The van der Waals surface area contributed by atoms with E-state index in [-0.39, 0.29) is 18.1 Å². The molecule has 0 aliphatic carbocycles. The normalized spacial score (nSPS) is 19.1. The molecule has 1 N–H and O–H groups in total. The Morgan fingerprint density at radius 2 is 2.00 bits per heavy atom. The second kappa shape index (κ2) is 8.49. The van der Waals surface area contributed by atoms with Crippen molar-refractivity contribution in [1.29, 1.82) is 0 Å². The quantitative estimate of drug-likeness (QED) is 0.869. The lowest BCUT2D eigenvalue weighted by atomic mass is 10.1. The van der Waals surface area contributed by atoms with Crippen molar-refractivity contribution >= 4 is 5.91 Å². The third-order valence-corrected chi connectivity index (χ3v) is 4.01. The van der Waals surface area contributed by atoms with Gasteiger partial charge in [-0.25, -0.2) is 0 Å². The minimum absolute atomic E-state index is 0.0399. The molecule has 1 atom stereocenters. The molecule has 1 amide bonds. The molecule has 0 bridgehead atoms. The second-order valence-electron chi connectivity index (χ2n) is 7.47. The third-order valence-electron chi connectivity index (χ3n) is 4.01. The molecule has 1 aromatic rings. The van der Waals surface area contributed by atoms with E-state index in [4.69, 9.17) is 9.47 Å². The largest absolute Gasteiger partial charge is 0.484 e. The van der Waals surface area contributed by atoms with Crippen LogP contribution in [0.3, 0.4) is 0 Å². The van der Waals surface area contributed by atoms with E-state index in [2.05, 4.69) is 22.3 Å². The average Bonchev–Trinajstić information content (AvgIpc) is 2.53. The van der Waals surface area contributed by atoms with Crippen molar-refractivity contribution in [2.24, 2.45) is 0 Å². The predicted octanol–water partition coefficient (Wildman–Crippen LogP) is 2.59. The van der Waals surface area contributed by atoms with Crippen LogP contribution in [0.5, 0.6) is 5.75 Å². The molecule has 1 fully saturated rings. The van der Waals surface area contributed by atoms with Gasteiger partial charge in [-0.3, -0.25) is 9.69 Å². The van der Waals surface area contributed by atoms with Crippen LogP contribution in [0.4, 0.5) is 0 Å². The Balaban J connectivity index is 1.79. The molecule has 0 aromatic heterocycles. The Morgan fingerprint density at radius 3 is 2.62 bits per heavy atom. The molecular formula is C19H30N2O3. The number of carbonyl (C=O) groups is 1. The van der Waals surface area contributed by atoms with E-state index < -0.39 is 0 Å². The van der Waals surface area contributed by atoms with Gasteiger partial charge < -0.3 is 14.8 Å². The lowest BCUT2D eigenvalue weighted by molar-refractivity contribution is -0.124. The molecule has 0 spiro atoms. The Morgan fingerprint density at radius 1 is 1.29 bits per heavy atom. The van der Waals surface area contributed by atoms with Crippen LogP contribution in [0.15, 0.2) is 24.3 Å². The highest BCUT2D eigenvalue weighted by Crippen LogP contribution is 2.18. The lowest BCUT2D eigenvalue weighted by Gasteiger charge is -2.31. The van der Waals surface area contributed by atoms with Crippen LogP contribution < -0.4 is 10.1 Å². The van der Waals surface area contributed by atoms with E-state index in [9.17, 15) is 4.79 Å². The molecule has 1 heterocycles. The van der Waals surface area contributed by atoms with Crippen LogP contribution in [-0.4, -0.2) is 49.3 Å². The first kappa shape index (κ1) is 18.7. The maximum atomic E-state index is 11.8. The molecule has 1 saturated heterocycles. The second-order valence-corrected chi connectivity index (χ2v) is 7.47. The summed E-state index contributed by atoms with van der Waals surface area (Å²) in [5, 5.41) is 2.88. The summed E-state index contributed by atoms with van der Waals surface area (Å²) in [5.41, 5.74) is 1.01. The Hall–Kier alpha value is -1.59. The van der Waals surface area contributed by atoms with Gasteiger partial charge in [0.15, 0.2) is 6.61 Å². The zero-order valence-electron chi connectivity index (χ0n) is 15.3. The number of piperidine rings is 1. The van der Waals surface area contributed by atoms with E-state index >= 15 is 0 Å². The summed E-state index contributed by atoms with van der Waals surface area (Å²) in [4.78, 5) is 14.2. The maximum absolute atomic E-state index is 11.8. The number of carbonyl (C=O) groups excluding carboxylic acids is 1. The van der Waals surface area contributed by atoms with Crippen LogP contribution in [-0.2, 0) is 16.1 Å². The van der Waals surface area contributed by atoms with E-state index in [0.717, 1.165) is 31.8 Å². The minimum Gasteiger partial charge on any atom is -0.484 e. The van der Waals surface area contributed by atoms with Crippen LogP contribution >= 0.6 is 0 Å². The standard InChI is InChI=1S/C19H30N2O3/c1-19(2,3)20-18(22)14-24-16-9-7-15(8-10-16)12-21-11-5-6-17(13-21)23-4/h7-10,17H,5-6,11-14H2,1-4H3,(H,20,22)/t17-/m1/s1. The lowest BCUT2D eigenvalue weighted by Crippen LogP contribution is -2.43. The molecule has 134 valence electrons. The van der Waals surface area contributed by atoms with Gasteiger partial charge in [-0.2, -0.15) is 0 Å². The number of nitrogens with one attached hydrogen (secondary N) is 1. The summed E-state index contributed by atoms with van der Waals surface area (Å²) in [6, 6.07) is 7.98. The topological polar surface area (TPSA) is 50.8 Å². The van der Waals surface area contributed by atoms with Crippen molar-refractivity contribution in [3.05, 3.63) is 29.8 Å². The van der Waals surface area contributed by atoms with Crippen molar-refractivity contribution in [3.63, 3.8) is 0 Å². The molecule has 2 rings (SSSR count). The molecular weight excluding hydrogens is 304 g/mol. The third kappa shape index (κ3) is 6.49. The van der Waals surface area contributed by atoms with Crippen LogP contribution in [0.25, 0.3) is 0 Å².